The van der Waals surface area contributed by atoms with Crippen molar-refractivity contribution in [3.8, 4) is 0 Å². The number of benzene rings is 1. The molecule has 1 rings (SSSR count). The SMILES string of the molecule is O=C(OCCl)OC(=O)c1ccccc1. The Kier molecular flexibility index (Phi) is 3.94. The number of hydrogen-bond donors (Lipinski definition) is 0. The molecule has 14 heavy (non-hydrogen) atoms. The Bertz CT molecular complexity index is 323. The minimum atomic E-state index is -1.10. The molecule has 1 aromatic rings. The van der Waals surface area contributed by atoms with Crippen molar-refractivity contribution in [2.24, 2.45) is 0 Å². The highest BCUT2D eigenvalue weighted by Crippen LogP contribution is 2.02. The molecule has 0 bridgehead atoms. The summed E-state index contributed by atoms with van der Waals surface area (Å²) in [6.07, 6.45) is -1.10. The first-order valence-corrected chi connectivity index (χ1v) is 4.27. The summed E-state index contributed by atoms with van der Waals surface area (Å²) in [6, 6.07) is 7.76. The summed E-state index contributed by atoms with van der Waals surface area (Å²) in [4.78, 5) is 21.8. The summed E-state index contributed by atoms with van der Waals surface area (Å²) in [5.41, 5.74) is 0.277. The molecule has 0 unspecified atom stereocenters. The molecule has 0 amide bonds. The fraction of sp³-hybridized carbons (Fsp3) is 0.111. The molecule has 74 valence electrons. The van der Waals surface area contributed by atoms with E-state index in [0.29, 0.717) is 0 Å². The quantitative estimate of drug-likeness (QED) is 0.430. The number of rotatable bonds is 2. The molecule has 0 aliphatic rings. The zero-order valence-electron chi connectivity index (χ0n) is 7.10. The van der Waals surface area contributed by atoms with E-state index >= 15 is 0 Å². The third kappa shape index (κ3) is 3.06. The van der Waals surface area contributed by atoms with Crippen LogP contribution in [0.25, 0.3) is 0 Å². The van der Waals surface area contributed by atoms with E-state index in [9.17, 15) is 9.59 Å². The Balaban J connectivity index is 2.55. The maximum Gasteiger partial charge on any atom is 0.517 e. The third-order valence-electron chi connectivity index (χ3n) is 1.36. The average Bonchev–Trinajstić information content (AvgIpc) is 2.19. The number of hydrogen-bond acceptors (Lipinski definition) is 4. The van der Waals surface area contributed by atoms with Gasteiger partial charge in [-0.15, -0.1) is 0 Å². The number of ether oxygens (including phenoxy) is 2. The fourth-order valence-electron chi connectivity index (χ4n) is 0.783. The van der Waals surface area contributed by atoms with Gasteiger partial charge in [-0.3, -0.25) is 0 Å². The minimum Gasteiger partial charge on any atom is -0.418 e. The number of carbonyl (C=O) groups is 2. The van der Waals surface area contributed by atoms with Crippen molar-refractivity contribution in [3.05, 3.63) is 35.9 Å². The van der Waals surface area contributed by atoms with E-state index < -0.39 is 12.1 Å². The van der Waals surface area contributed by atoms with Crippen molar-refractivity contribution in [2.75, 3.05) is 6.07 Å². The summed E-state index contributed by atoms with van der Waals surface area (Å²) in [6.45, 7) is 0. The lowest BCUT2D eigenvalue weighted by atomic mass is 10.2. The molecule has 0 N–H and O–H groups in total. The van der Waals surface area contributed by atoms with Crippen molar-refractivity contribution in [2.45, 2.75) is 0 Å². The van der Waals surface area contributed by atoms with Gasteiger partial charge < -0.3 is 9.47 Å². The van der Waals surface area contributed by atoms with E-state index in [1.165, 1.54) is 12.1 Å². The summed E-state index contributed by atoms with van der Waals surface area (Å²) in [7, 11) is 0. The lowest BCUT2D eigenvalue weighted by molar-refractivity contribution is 0.0434. The van der Waals surface area contributed by atoms with Gasteiger partial charge in [-0.2, -0.15) is 0 Å². The second-order valence-electron chi connectivity index (χ2n) is 2.26. The van der Waals surface area contributed by atoms with E-state index in [2.05, 4.69) is 9.47 Å². The van der Waals surface area contributed by atoms with E-state index in [0.717, 1.165) is 0 Å². The summed E-state index contributed by atoms with van der Waals surface area (Å²) < 4.78 is 8.51. The minimum absolute atomic E-state index is 0.277. The van der Waals surface area contributed by atoms with Gasteiger partial charge >= 0.3 is 12.1 Å². The molecular formula is C9H7ClO4. The average molecular weight is 215 g/mol. The molecule has 1 aromatic carbocycles. The number of halogens is 1. The number of alkyl halides is 1. The van der Waals surface area contributed by atoms with Crippen LogP contribution in [0, 0.1) is 0 Å². The third-order valence-corrected chi connectivity index (χ3v) is 1.47. The molecule has 4 nitrogen and oxygen atoms in total. The first kappa shape index (κ1) is 10.5. The van der Waals surface area contributed by atoms with Crippen molar-refractivity contribution >= 4 is 23.7 Å². The van der Waals surface area contributed by atoms with Crippen molar-refractivity contribution in [3.63, 3.8) is 0 Å². The van der Waals surface area contributed by atoms with Gasteiger partial charge in [0.1, 0.15) is 0 Å². The highest BCUT2D eigenvalue weighted by molar-refractivity contribution is 6.17. The maximum absolute atomic E-state index is 11.2. The Hall–Kier alpha value is -1.55. The van der Waals surface area contributed by atoms with Crippen LogP contribution in [0.2, 0.25) is 0 Å². The highest BCUT2D eigenvalue weighted by Gasteiger charge is 2.12. The van der Waals surface area contributed by atoms with Crippen LogP contribution in [-0.4, -0.2) is 18.2 Å². The van der Waals surface area contributed by atoms with E-state index in [4.69, 9.17) is 11.6 Å². The van der Waals surface area contributed by atoms with Crippen LogP contribution in [0.1, 0.15) is 10.4 Å². The normalized spacial score (nSPS) is 9.21. The van der Waals surface area contributed by atoms with Crippen LogP contribution < -0.4 is 0 Å². The Morgan fingerprint density at radius 3 is 2.43 bits per heavy atom. The molecule has 0 fully saturated rings. The van der Waals surface area contributed by atoms with E-state index in [-0.39, 0.29) is 11.6 Å². The van der Waals surface area contributed by atoms with Gasteiger partial charge in [0.05, 0.1) is 5.56 Å². The van der Waals surface area contributed by atoms with Crippen LogP contribution in [0.4, 0.5) is 4.79 Å². The lowest BCUT2D eigenvalue weighted by Crippen LogP contribution is -2.13. The summed E-state index contributed by atoms with van der Waals surface area (Å²) in [5.74, 6) is -0.763. The van der Waals surface area contributed by atoms with E-state index in [1.807, 2.05) is 0 Å². The Labute approximate surface area is 85.4 Å². The Morgan fingerprint density at radius 1 is 1.21 bits per heavy atom. The molecule has 0 saturated heterocycles. The second-order valence-corrected chi connectivity index (χ2v) is 2.48. The topological polar surface area (TPSA) is 52.6 Å². The van der Waals surface area contributed by atoms with Gasteiger partial charge in [-0.1, -0.05) is 29.8 Å². The first-order valence-electron chi connectivity index (χ1n) is 3.74. The van der Waals surface area contributed by atoms with Crippen LogP contribution in [-0.2, 0) is 9.47 Å². The van der Waals surface area contributed by atoms with E-state index in [1.54, 1.807) is 18.2 Å². The highest BCUT2D eigenvalue weighted by atomic mass is 35.5. The first-order chi connectivity index (χ1) is 6.74. The maximum atomic E-state index is 11.2. The molecule has 0 heterocycles. The summed E-state index contributed by atoms with van der Waals surface area (Å²) in [5, 5.41) is 0. The molecule has 0 spiro atoms. The van der Waals surface area contributed by atoms with Crippen molar-refractivity contribution in [1.82, 2.24) is 0 Å². The molecule has 0 atom stereocenters. The predicted molar refractivity (Wildman–Crippen MR) is 49.1 cm³/mol. The van der Waals surface area contributed by atoms with Crippen LogP contribution >= 0.6 is 11.6 Å². The molecule has 0 aliphatic heterocycles. The monoisotopic (exact) mass is 214 g/mol. The van der Waals surface area contributed by atoms with Crippen LogP contribution in [0.15, 0.2) is 30.3 Å². The largest absolute Gasteiger partial charge is 0.517 e. The van der Waals surface area contributed by atoms with Gasteiger partial charge in [-0.25, -0.2) is 9.59 Å². The van der Waals surface area contributed by atoms with Gasteiger partial charge in [-0.05, 0) is 12.1 Å². The fourth-order valence-corrected chi connectivity index (χ4v) is 0.872. The van der Waals surface area contributed by atoms with Crippen LogP contribution in [0.3, 0.4) is 0 Å². The van der Waals surface area contributed by atoms with Gasteiger partial charge in [0, 0.05) is 0 Å². The number of carbonyl (C=O) groups excluding carboxylic acids is 2. The Morgan fingerprint density at radius 2 is 1.86 bits per heavy atom. The van der Waals surface area contributed by atoms with Crippen molar-refractivity contribution in [1.29, 1.82) is 0 Å². The van der Waals surface area contributed by atoms with Crippen LogP contribution in [0.5, 0.6) is 0 Å². The predicted octanol–water partition coefficient (Wildman–Crippen LogP) is 2.18. The molecular weight excluding hydrogens is 208 g/mol. The smallest absolute Gasteiger partial charge is 0.418 e. The molecule has 0 aromatic heterocycles. The molecule has 0 radical (unpaired) electrons. The lowest BCUT2D eigenvalue weighted by Gasteiger charge is -2.01. The summed E-state index contributed by atoms with van der Waals surface area (Å²) >= 11 is 5.09. The molecule has 0 aliphatic carbocycles. The van der Waals surface area contributed by atoms with Gasteiger partial charge in [0.2, 0.25) is 0 Å². The zero-order chi connectivity index (χ0) is 10.4. The van der Waals surface area contributed by atoms with Gasteiger partial charge in [0.25, 0.3) is 0 Å². The van der Waals surface area contributed by atoms with Crippen molar-refractivity contribution < 1.29 is 19.1 Å². The number of esters is 1. The zero-order valence-corrected chi connectivity index (χ0v) is 7.86. The molecule has 5 heteroatoms. The molecule has 0 saturated carbocycles. The standard InChI is InChI=1S/C9H7ClO4/c10-6-13-9(12)14-8(11)7-4-2-1-3-5-7/h1-5H,6H2. The van der Waals surface area contributed by atoms with Gasteiger partial charge in [0.15, 0.2) is 6.07 Å². The second kappa shape index (κ2) is 5.24.